The molecule has 4 rings (SSSR count). The van der Waals surface area contributed by atoms with Gasteiger partial charge in [0, 0.05) is 11.9 Å². The highest BCUT2D eigenvalue weighted by molar-refractivity contribution is 5.96. The molecule has 2 aliphatic rings. The number of nitrogens with one attached hydrogen (secondary N) is 1. The summed E-state index contributed by atoms with van der Waals surface area (Å²) in [5.74, 6) is -1.13. The first-order valence-electron chi connectivity index (χ1n) is 8.40. The van der Waals surface area contributed by atoms with Gasteiger partial charge >= 0.3 is 5.97 Å². The van der Waals surface area contributed by atoms with E-state index in [9.17, 15) is 14.7 Å². The monoisotopic (exact) mass is 360 g/mol. The molecule has 27 heavy (non-hydrogen) atoms. The Bertz CT molecular complexity index is 1010. The largest absolute Gasteiger partial charge is 0.478 e. The lowest BCUT2D eigenvalue weighted by molar-refractivity contribution is -0.118. The van der Waals surface area contributed by atoms with Crippen LogP contribution in [-0.2, 0) is 4.79 Å². The van der Waals surface area contributed by atoms with E-state index in [1.54, 1.807) is 42.7 Å². The number of amides is 1. The summed E-state index contributed by atoms with van der Waals surface area (Å²) in [6.07, 6.45) is 9.46. The van der Waals surface area contributed by atoms with E-state index in [1.165, 1.54) is 0 Å². The van der Waals surface area contributed by atoms with Crippen molar-refractivity contribution in [3.8, 4) is 0 Å². The van der Waals surface area contributed by atoms with Gasteiger partial charge in [-0.3, -0.25) is 4.79 Å². The number of fused-ring (bicyclic) bond motifs is 1. The summed E-state index contributed by atoms with van der Waals surface area (Å²) >= 11 is 0. The smallest absolute Gasteiger partial charge is 0.336 e. The average molecular weight is 360 g/mol. The van der Waals surface area contributed by atoms with Crippen molar-refractivity contribution in [2.45, 2.75) is 6.42 Å². The van der Waals surface area contributed by atoms with Gasteiger partial charge in [-0.1, -0.05) is 24.3 Å². The molecular formula is C20H16N4O3. The molecule has 1 aliphatic heterocycles. The summed E-state index contributed by atoms with van der Waals surface area (Å²) in [5.41, 5.74) is 4.04. The van der Waals surface area contributed by atoms with Gasteiger partial charge < -0.3 is 15.3 Å². The lowest BCUT2D eigenvalue weighted by Gasteiger charge is -2.19. The Kier molecular flexibility index (Phi) is 4.25. The van der Waals surface area contributed by atoms with E-state index in [4.69, 9.17) is 0 Å². The van der Waals surface area contributed by atoms with Gasteiger partial charge in [0.1, 0.15) is 6.54 Å². The van der Waals surface area contributed by atoms with Crippen molar-refractivity contribution in [3.63, 3.8) is 0 Å². The number of nitrogens with zero attached hydrogens (tertiary/aromatic N) is 3. The highest BCUT2D eigenvalue weighted by atomic mass is 16.4. The van der Waals surface area contributed by atoms with Gasteiger partial charge in [0.05, 0.1) is 23.6 Å². The molecule has 0 radical (unpaired) electrons. The van der Waals surface area contributed by atoms with Crippen LogP contribution < -0.4 is 10.2 Å². The molecule has 0 atom stereocenters. The minimum atomic E-state index is -0.979. The Morgan fingerprint density at radius 1 is 1.19 bits per heavy atom. The summed E-state index contributed by atoms with van der Waals surface area (Å²) in [7, 11) is 0. The lowest BCUT2D eigenvalue weighted by Crippen LogP contribution is -2.31. The van der Waals surface area contributed by atoms with Crippen molar-refractivity contribution in [1.29, 1.82) is 0 Å². The van der Waals surface area contributed by atoms with Gasteiger partial charge in [-0.25, -0.2) is 4.79 Å². The number of benzene rings is 1. The van der Waals surface area contributed by atoms with E-state index in [-0.39, 0.29) is 18.0 Å². The van der Waals surface area contributed by atoms with Crippen LogP contribution in [0.15, 0.2) is 72.3 Å². The Morgan fingerprint density at radius 2 is 2.04 bits per heavy atom. The van der Waals surface area contributed by atoms with Crippen LogP contribution in [0.25, 0.3) is 5.57 Å². The number of anilines is 1. The predicted octanol–water partition coefficient (Wildman–Crippen LogP) is 2.37. The number of rotatable bonds is 3. The van der Waals surface area contributed by atoms with Crippen LogP contribution in [0.5, 0.6) is 0 Å². The van der Waals surface area contributed by atoms with E-state index in [0.29, 0.717) is 17.7 Å². The fourth-order valence-corrected chi connectivity index (χ4v) is 3.18. The predicted molar refractivity (Wildman–Crippen MR) is 99.7 cm³/mol. The molecule has 1 aromatic carbocycles. The van der Waals surface area contributed by atoms with E-state index in [2.05, 4.69) is 15.5 Å². The number of carbonyl (C=O) groups is 2. The molecule has 1 aromatic heterocycles. The zero-order chi connectivity index (χ0) is 18.8. The van der Waals surface area contributed by atoms with Crippen LogP contribution in [0, 0.1) is 0 Å². The number of aromatic nitrogens is 2. The fraction of sp³-hybridized carbons (Fsp3) is 0.100. The van der Waals surface area contributed by atoms with Crippen LogP contribution in [0.1, 0.15) is 22.3 Å². The van der Waals surface area contributed by atoms with Crippen LogP contribution >= 0.6 is 0 Å². The topological polar surface area (TPSA) is 95.4 Å². The average Bonchev–Trinajstić information content (AvgIpc) is 2.86. The van der Waals surface area contributed by atoms with E-state index in [1.807, 2.05) is 23.3 Å². The zero-order valence-corrected chi connectivity index (χ0v) is 14.3. The third-order valence-electron chi connectivity index (χ3n) is 4.46. The van der Waals surface area contributed by atoms with Crippen molar-refractivity contribution in [1.82, 2.24) is 15.5 Å². The van der Waals surface area contributed by atoms with Crippen molar-refractivity contribution >= 4 is 23.1 Å². The molecule has 2 heterocycles. The maximum Gasteiger partial charge on any atom is 0.336 e. The third kappa shape index (κ3) is 3.35. The molecule has 0 bridgehead atoms. The minimum absolute atomic E-state index is 0.155. The summed E-state index contributed by atoms with van der Waals surface area (Å²) in [6, 6.07) is 8.64. The summed E-state index contributed by atoms with van der Waals surface area (Å²) in [5, 5.41) is 20.0. The molecule has 0 spiro atoms. The lowest BCUT2D eigenvalue weighted by atomic mass is 9.92. The first-order chi connectivity index (χ1) is 13.1. The van der Waals surface area contributed by atoms with E-state index in [0.717, 1.165) is 16.8 Å². The molecule has 0 unspecified atom stereocenters. The van der Waals surface area contributed by atoms with Gasteiger partial charge in [-0.05, 0) is 41.3 Å². The summed E-state index contributed by atoms with van der Waals surface area (Å²) < 4.78 is 0. The first-order valence-corrected chi connectivity index (χ1v) is 8.40. The van der Waals surface area contributed by atoms with Crippen LogP contribution in [0.4, 0.5) is 5.69 Å². The first kappa shape index (κ1) is 16.7. The summed E-state index contributed by atoms with van der Waals surface area (Å²) in [4.78, 5) is 25.7. The SMILES string of the molecule is O=C1CN(c2ccnnc2)C=C2CC=C(c3ccccc3C(=O)O)C=C2N1. The van der Waals surface area contributed by atoms with Gasteiger partial charge in [-0.2, -0.15) is 10.2 Å². The van der Waals surface area contributed by atoms with Gasteiger partial charge in [-0.15, -0.1) is 0 Å². The highest BCUT2D eigenvalue weighted by Crippen LogP contribution is 2.31. The zero-order valence-electron chi connectivity index (χ0n) is 14.3. The molecule has 7 heteroatoms. The molecule has 0 fully saturated rings. The summed E-state index contributed by atoms with van der Waals surface area (Å²) in [6.45, 7) is 0.160. The van der Waals surface area contributed by atoms with Crippen LogP contribution in [0.2, 0.25) is 0 Å². The number of allylic oxidation sites excluding steroid dienone is 4. The Morgan fingerprint density at radius 3 is 2.81 bits per heavy atom. The molecule has 2 N–H and O–H groups in total. The Hall–Kier alpha value is -3.74. The molecule has 0 saturated carbocycles. The molecule has 1 aliphatic carbocycles. The van der Waals surface area contributed by atoms with Gasteiger partial charge in [0.15, 0.2) is 0 Å². The second-order valence-electron chi connectivity index (χ2n) is 6.20. The second kappa shape index (κ2) is 6.87. The molecule has 2 aromatic rings. The van der Waals surface area contributed by atoms with Crippen molar-refractivity contribution < 1.29 is 14.7 Å². The van der Waals surface area contributed by atoms with Crippen molar-refractivity contribution in [3.05, 3.63) is 83.5 Å². The normalized spacial score (nSPS) is 16.4. The third-order valence-corrected chi connectivity index (χ3v) is 4.46. The maximum absolute atomic E-state index is 12.4. The Labute approximate surface area is 155 Å². The second-order valence-corrected chi connectivity index (χ2v) is 6.20. The fourth-order valence-electron chi connectivity index (χ4n) is 3.18. The van der Waals surface area contributed by atoms with Gasteiger partial charge in [0.2, 0.25) is 5.91 Å². The molecule has 0 saturated heterocycles. The quantitative estimate of drug-likeness (QED) is 0.872. The number of carboxylic acid groups (broad SMARTS) is 1. The van der Waals surface area contributed by atoms with Crippen molar-refractivity contribution in [2.75, 3.05) is 11.4 Å². The molecule has 7 nitrogen and oxygen atoms in total. The van der Waals surface area contributed by atoms with Crippen molar-refractivity contribution in [2.24, 2.45) is 0 Å². The number of aromatic carboxylic acids is 1. The maximum atomic E-state index is 12.4. The Balaban J connectivity index is 1.71. The van der Waals surface area contributed by atoms with Crippen LogP contribution in [-0.4, -0.2) is 33.7 Å². The molecule has 134 valence electrons. The van der Waals surface area contributed by atoms with E-state index >= 15 is 0 Å². The standard InChI is InChI=1S/C20H16N4O3/c25-19-12-24(15-7-8-21-22-10-15)11-14-6-5-13(9-18(14)23-19)16-3-1-2-4-17(16)20(26)27/h1-5,7-11H,6,12H2,(H,23,25)(H,26,27). The van der Waals surface area contributed by atoms with Gasteiger partial charge in [0.25, 0.3) is 0 Å². The number of carboxylic acids is 1. The van der Waals surface area contributed by atoms with Crippen LogP contribution in [0.3, 0.4) is 0 Å². The number of carbonyl (C=O) groups excluding carboxylic acids is 1. The molecular weight excluding hydrogens is 344 g/mol. The molecule has 1 amide bonds. The number of hydrogen-bond acceptors (Lipinski definition) is 5. The van der Waals surface area contributed by atoms with E-state index < -0.39 is 5.97 Å². The number of hydrogen-bond donors (Lipinski definition) is 2. The minimum Gasteiger partial charge on any atom is -0.478 e. The highest BCUT2D eigenvalue weighted by Gasteiger charge is 2.23.